The third-order valence-electron chi connectivity index (χ3n) is 4.47. The van der Waals surface area contributed by atoms with Gasteiger partial charge in [-0.25, -0.2) is 0 Å². The summed E-state index contributed by atoms with van der Waals surface area (Å²) in [6, 6.07) is 18.4. The zero-order chi connectivity index (χ0) is 20.9. The van der Waals surface area contributed by atoms with E-state index in [4.69, 9.17) is 27.6 Å². The average Bonchev–Trinajstić information content (AvgIpc) is 3.35. The largest absolute Gasteiger partial charge is 0.467 e. The Labute approximate surface area is 188 Å². The highest BCUT2D eigenvalue weighted by atomic mass is 35.5. The van der Waals surface area contributed by atoms with E-state index in [2.05, 4.69) is 10.2 Å². The first-order valence-corrected chi connectivity index (χ1v) is 10.8. The Balaban J connectivity index is 1.54. The molecule has 0 N–H and O–H groups in total. The van der Waals surface area contributed by atoms with Crippen molar-refractivity contribution in [3.8, 4) is 0 Å². The van der Waals surface area contributed by atoms with Crippen LogP contribution in [0.15, 0.2) is 81.5 Å². The first-order valence-electron chi connectivity index (χ1n) is 9.20. The van der Waals surface area contributed by atoms with Gasteiger partial charge in [0.25, 0.3) is 0 Å². The molecule has 152 valence electrons. The second kappa shape index (κ2) is 9.51. The minimum Gasteiger partial charge on any atom is -0.467 e. The van der Waals surface area contributed by atoms with E-state index in [0.717, 1.165) is 11.1 Å². The van der Waals surface area contributed by atoms with Crippen LogP contribution in [0.1, 0.15) is 16.9 Å². The number of amides is 1. The van der Waals surface area contributed by atoms with Gasteiger partial charge in [0.05, 0.1) is 24.3 Å². The van der Waals surface area contributed by atoms with Crippen molar-refractivity contribution in [2.75, 3.05) is 0 Å². The Morgan fingerprint density at radius 3 is 2.40 bits per heavy atom. The standard InChI is InChI=1S/C22H17Cl2N3O2S/c23-17-7-3-15(4-8-17)12-20-21(28)27(14-19-2-1-11-29-19)22(30-20)26-25-13-16-5-9-18(24)10-6-16/h1-11,13,20H,12,14H2/b25-13+,26-22+. The van der Waals surface area contributed by atoms with Crippen molar-refractivity contribution >= 4 is 52.3 Å². The van der Waals surface area contributed by atoms with Crippen LogP contribution in [0.2, 0.25) is 10.0 Å². The van der Waals surface area contributed by atoms with Gasteiger partial charge < -0.3 is 4.42 Å². The normalized spacial score (nSPS) is 18.1. The Bertz CT molecular complexity index is 1060. The maximum Gasteiger partial charge on any atom is 0.242 e. The number of nitrogens with zero attached hydrogens (tertiary/aromatic N) is 3. The molecule has 5 nitrogen and oxygen atoms in total. The minimum absolute atomic E-state index is 0.0215. The SMILES string of the molecule is O=C1C(Cc2ccc(Cl)cc2)S/C(=N/N=C/c2ccc(Cl)cc2)N1Cc1ccco1. The first kappa shape index (κ1) is 20.7. The van der Waals surface area contributed by atoms with Crippen molar-refractivity contribution in [3.05, 3.63) is 93.9 Å². The number of hydrogen-bond donors (Lipinski definition) is 0. The fourth-order valence-corrected chi connectivity index (χ4v) is 4.33. The molecule has 0 bridgehead atoms. The molecule has 0 radical (unpaired) electrons. The number of rotatable bonds is 6. The van der Waals surface area contributed by atoms with Crippen LogP contribution in [0.3, 0.4) is 0 Å². The van der Waals surface area contributed by atoms with Gasteiger partial charge in [-0.1, -0.05) is 59.2 Å². The van der Waals surface area contributed by atoms with E-state index in [1.54, 1.807) is 35.6 Å². The lowest BCUT2D eigenvalue weighted by molar-refractivity contribution is -0.126. The number of furan rings is 1. The van der Waals surface area contributed by atoms with Gasteiger partial charge in [0.2, 0.25) is 5.91 Å². The van der Waals surface area contributed by atoms with Gasteiger partial charge in [-0.05, 0) is 53.9 Å². The lowest BCUT2D eigenvalue weighted by atomic mass is 10.1. The van der Waals surface area contributed by atoms with E-state index in [1.165, 1.54) is 11.8 Å². The summed E-state index contributed by atoms with van der Waals surface area (Å²) < 4.78 is 5.42. The molecule has 0 saturated carbocycles. The molecule has 2 heterocycles. The van der Waals surface area contributed by atoms with Crippen molar-refractivity contribution in [3.63, 3.8) is 0 Å². The lowest BCUT2D eigenvalue weighted by Crippen LogP contribution is -2.32. The first-order chi connectivity index (χ1) is 14.6. The fourth-order valence-electron chi connectivity index (χ4n) is 2.95. The molecule has 1 amide bonds. The third kappa shape index (κ3) is 5.14. The molecule has 1 unspecified atom stereocenters. The predicted molar refractivity (Wildman–Crippen MR) is 122 cm³/mol. The van der Waals surface area contributed by atoms with Crippen LogP contribution >= 0.6 is 35.0 Å². The highest BCUT2D eigenvalue weighted by molar-refractivity contribution is 8.15. The predicted octanol–water partition coefficient (Wildman–Crippen LogP) is 5.66. The highest BCUT2D eigenvalue weighted by Gasteiger charge is 2.38. The van der Waals surface area contributed by atoms with Crippen molar-refractivity contribution in [1.29, 1.82) is 0 Å². The van der Waals surface area contributed by atoms with Gasteiger partial charge in [-0.3, -0.25) is 9.69 Å². The quantitative estimate of drug-likeness (QED) is 0.354. The van der Waals surface area contributed by atoms with E-state index in [1.807, 2.05) is 42.5 Å². The Hall–Kier alpha value is -2.54. The van der Waals surface area contributed by atoms with Crippen LogP contribution in [-0.2, 0) is 17.8 Å². The molecule has 0 aliphatic carbocycles. The average molecular weight is 458 g/mol. The zero-order valence-corrected chi connectivity index (χ0v) is 18.1. The van der Waals surface area contributed by atoms with Crippen LogP contribution in [0.25, 0.3) is 0 Å². The molecule has 0 spiro atoms. The van der Waals surface area contributed by atoms with Gasteiger partial charge in [0.15, 0.2) is 5.17 Å². The summed E-state index contributed by atoms with van der Waals surface area (Å²) >= 11 is 13.3. The summed E-state index contributed by atoms with van der Waals surface area (Å²) in [5.74, 6) is 0.664. The topological polar surface area (TPSA) is 58.2 Å². The minimum atomic E-state index is -0.286. The lowest BCUT2D eigenvalue weighted by Gasteiger charge is -2.14. The van der Waals surface area contributed by atoms with E-state index in [0.29, 0.717) is 33.9 Å². The smallest absolute Gasteiger partial charge is 0.242 e. The molecule has 3 aromatic rings. The second-order valence-corrected chi connectivity index (χ2v) is 8.66. The molecule has 1 aliphatic heterocycles. The Morgan fingerprint density at radius 1 is 1.03 bits per heavy atom. The van der Waals surface area contributed by atoms with Crippen molar-refractivity contribution in [2.45, 2.75) is 18.2 Å². The van der Waals surface area contributed by atoms with Crippen molar-refractivity contribution < 1.29 is 9.21 Å². The van der Waals surface area contributed by atoms with Gasteiger partial charge in [-0.15, -0.1) is 5.10 Å². The summed E-state index contributed by atoms with van der Waals surface area (Å²) in [5.41, 5.74) is 1.91. The van der Waals surface area contributed by atoms with Gasteiger partial charge in [-0.2, -0.15) is 5.10 Å². The fraction of sp³-hybridized carbons (Fsp3) is 0.136. The molecule has 1 saturated heterocycles. The highest BCUT2D eigenvalue weighted by Crippen LogP contribution is 2.31. The molecule has 2 aromatic carbocycles. The number of halogens is 2. The number of benzene rings is 2. The monoisotopic (exact) mass is 457 g/mol. The van der Waals surface area contributed by atoms with Crippen LogP contribution in [0, 0.1) is 0 Å². The maximum absolute atomic E-state index is 13.1. The van der Waals surface area contributed by atoms with E-state index in [9.17, 15) is 4.79 Å². The summed E-state index contributed by atoms with van der Waals surface area (Å²) in [6.07, 6.45) is 3.80. The summed E-state index contributed by atoms with van der Waals surface area (Å²) in [4.78, 5) is 14.7. The van der Waals surface area contributed by atoms with Crippen LogP contribution in [-0.4, -0.2) is 27.4 Å². The molecule has 1 aromatic heterocycles. The summed E-state index contributed by atoms with van der Waals surface area (Å²) in [7, 11) is 0. The van der Waals surface area contributed by atoms with Crippen LogP contribution < -0.4 is 0 Å². The van der Waals surface area contributed by atoms with Crippen LogP contribution in [0.4, 0.5) is 0 Å². The van der Waals surface area contributed by atoms with Gasteiger partial charge in [0, 0.05) is 10.0 Å². The van der Waals surface area contributed by atoms with Crippen molar-refractivity contribution in [1.82, 2.24) is 4.90 Å². The van der Waals surface area contributed by atoms with E-state index in [-0.39, 0.29) is 11.2 Å². The summed E-state index contributed by atoms with van der Waals surface area (Å²) in [6.45, 7) is 0.311. The number of hydrogen-bond acceptors (Lipinski definition) is 5. The number of amidine groups is 1. The van der Waals surface area contributed by atoms with Crippen molar-refractivity contribution in [2.24, 2.45) is 10.2 Å². The van der Waals surface area contributed by atoms with Gasteiger partial charge in [0.1, 0.15) is 5.76 Å². The molecule has 1 aliphatic rings. The number of carbonyl (C=O) groups is 1. The van der Waals surface area contributed by atoms with E-state index < -0.39 is 0 Å². The molecule has 4 rings (SSSR count). The zero-order valence-electron chi connectivity index (χ0n) is 15.7. The molecule has 1 fully saturated rings. The molecular weight excluding hydrogens is 441 g/mol. The Morgan fingerprint density at radius 2 is 1.73 bits per heavy atom. The van der Waals surface area contributed by atoms with Crippen LogP contribution in [0.5, 0.6) is 0 Å². The number of carbonyl (C=O) groups excluding carboxylic acids is 1. The Kier molecular flexibility index (Phi) is 6.57. The molecular formula is C22H17Cl2N3O2S. The third-order valence-corrected chi connectivity index (χ3v) is 6.14. The maximum atomic E-state index is 13.1. The summed E-state index contributed by atoms with van der Waals surface area (Å²) in [5, 5.41) is 10.1. The number of thioether (sulfide) groups is 1. The second-order valence-electron chi connectivity index (χ2n) is 6.62. The molecule has 8 heteroatoms. The molecule has 30 heavy (non-hydrogen) atoms. The van der Waals surface area contributed by atoms with Gasteiger partial charge >= 0.3 is 0 Å². The van der Waals surface area contributed by atoms with E-state index >= 15 is 0 Å². The molecule has 1 atom stereocenters.